The molecule has 0 bridgehead atoms. The number of ether oxygens (including phenoxy) is 1. The number of hydrogen-bond donors (Lipinski definition) is 0. The summed E-state index contributed by atoms with van der Waals surface area (Å²) in [6.45, 7) is 5.57. The highest BCUT2D eigenvalue weighted by Crippen LogP contribution is 2.14. The second-order valence-corrected chi connectivity index (χ2v) is 5.35. The van der Waals surface area contributed by atoms with Crippen LogP contribution >= 0.6 is 15.9 Å². The van der Waals surface area contributed by atoms with Crippen molar-refractivity contribution in [3.8, 4) is 0 Å². The highest BCUT2D eigenvalue weighted by molar-refractivity contribution is 9.09. The van der Waals surface area contributed by atoms with Gasteiger partial charge < -0.3 is 9.64 Å². The summed E-state index contributed by atoms with van der Waals surface area (Å²) in [5.41, 5.74) is 1.08. The van der Waals surface area contributed by atoms with E-state index in [-0.39, 0.29) is 0 Å². The number of halogens is 1. The van der Waals surface area contributed by atoms with E-state index < -0.39 is 0 Å². The predicted octanol–water partition coefficient (Wildman–Crippen LogP) is 2.19. The summed E-state index contributed by atoms with van der Waals surface area (Å²) >= 11 is 3.58. The minimum absolute atomic E-state index is 0.304. The third-order valence-corrected chi connectivity index (χ3v) is 3.00. The summed E-state index contributed by atoms with van der Waals surface area (Å²) in [6.07, 6.45) is 0.931. The monoisotopic (exact) mass is 301 g/mol. The number of hydrogen-bond acceptors (Lipinski definition) is 4. The second kappa shape index (κ2) is 6.91. The Labute approximate surface area is 112 Å². The van der Waals surface area contributed by atoms with Crippen LogP contribution in [0.2, 0.25) is 0 Å². The maximum absolute atomic E-state index is 5.10. The topological polar surface area (TPSA) is 38.2 Å². The van der Waals surface area contributed by atoms with E-state index in [1.807, 2.05) is 20.0 Å². The average Bonchev–Trinajstić information content (AvgIpc) is 2.28. The van der Waals surface area contributed by atoms with Crippen molar-refractivity contribution < 1.29 is 4.74 Å². The molecule has 5 heteroatoms. The highest BCUT2D eigenvalue weighted by atomic mass is 79.9. The molecule has 1 unspecified atom stereocenters. The van der Waals surface area contributed by atoms with Crippen LogP contribution in [0, 0.1) is 6.92 Å². The molecular formula is C12H20BrN3O. The zero-order valence-corrected chi connectivity index (χ0v) is 12.5. The Balaban J connectivity index is 2.74. The Morgan fingerprint density at radius 3 is 2.76 bits per heavy atom. The Morgan fingerprint density at radius 1 is 1.47 bits per heavy atom. The summed E-state index contributed by atoms with van der Waals surface area (Å²) in [5.74, 6) is 1.79. The number of aromatic nitrogens is 2. The van der Waals surface area contributed by atoms with Crippen LogP contribution in [0.4, 0.5) is 5.82 Å². The van der Waals surface area contributed by atoms with Crippen molar-refractivity contribution >= 4 is 21.7 Å². The fraction of sp³-hybridized carbons (Fsp3) is 0.667. The maximum atomic E-state index is 5.10. The van der Waals surface area contributed by atoms with E-state index in [1.54, 1.807) is 7.11 Å². The summed E-state index contributed by atoms with van der Waals surface area (Å²) in [5, 5.41) is 0. The van der Waals surface area contributed by atoms with Gasteiger partial charge in [0.2, 0.25) is 0 Å². The van der Waals surface area contributed by atoms with Crippen LogP contribution in [0.1, 0.15) is 18.4 Å². The largest absolute Gasteiger partial charge is 0.383 e. The maximum Gasteiger partial charge on any atom is 0.132 e. The molecule has 0 amide bonds. The standard InChI is InChI=1S/C12H20BrN3O/c1-5-11-6-12(15-9(2)14-11)16(3)7-10(13)8-17-4/h6,10H,5,7-8H2,1-4H3. The van der Waals surface area contributed by atoms with Crippen molar-refractivity contribution in [2.24, 2.45) is 0 Å². The number of alkyl halides is 1. The summed E-state index contributed by atoms with van der Waals surface area (Å²) < 4.78 is 5.10. The molecule has 1 aromatic heterocycles. The van der Waals surface area contributed by atoms with Crippen LogP contribution in [-0.2, 0) is 11.2 Å². The fourth-order valence-corrected chi connectivity index (χ4v) is 2.31. The molecule has 4 nitrogen and oxygen atoms in total. The molecule has 96 valence electrons. The predicted molar refractivity (Wildman–Crippen MR) is 74.0 cm³/mol. The number of nitrogens with zero attached hydrogens (tertiary/aromatic N) is 3. The molecule has 0 aliphatic rings. The normalized spacial score (nSPS) is 12.5. The molecule has 1 heterocycles. The molecule has 0 fully saturated rings. The van der Waals surface area contributed by atoms with Crippen LogP contribution < -0.4 is 4.90 Å². The van der Waals surface area contributed by atoms with Crippen molar-refractivity contribution in [3.05, 3.63) is 17.6 Å². The Kier molecular flexibility index (Phi) is 5.85. The Morgan fingerprint density at radius 2 is 2.18 bits per heavy atom. The lowest BCUT2D eigenvalue weighted by Crippen LogP contribution is -2.29. The van der Waals surface area contributed by atoms with Gasteiger partial charge in [-0.25, -0.2) is 9.97 Å². The van der Waals surface area contributed by atoms with Crippen LogP contribution in [0.5, 0.6) is 0 Å². The molecule has 0 saturated carbocycles. The first-order valence-electron chi connectivity index (χ1n) is 5.75. The van der Waals surface area contributed by atoms with E-state index in [0.717, 1.165) is 30.3 Å². The lowest BCUT2D eigenvalue weighted by Gasteiger charge is -2.21. The Bertz CT molecular complexity index is 360. The zero-order valence-electron chi connectivity index (χ0n) is 10.9. The van der Waals surface area contributed by atoms with Crippen molar-refractivity contribution in [2.45, 2.75) is 25.1 Å². The number of rotatable bonds is 6. The lowest BCUT2D eigenvalue weighted by molar-refractivity contribution is 0.201. The molecule has 0 saturated heterocycles. The third-order valence-electron chi connectivity index (χ3n) is 2.45. The van der Waals surface area contributed by atoms with E-state index in [4.69, 9.17) is 4.74 Å². The van der Waals surface area contributed by atoms with Gasteiger partial charge in [-0.3, -0.25) is 0 Å². The molecule has 0 radical (unpaired) electrons. The Hall–Kier alpha value is -0.680. The first-order chi connectivity index (χ1) is 8.06. The lowest BCUT2D eigenvalue weighted by atomic mass is 10.3. The van der Waals surface area contributed by atoms with E-state index in [0.29, 0.717) is 11.4 Å². The van der Waals surface area contributed by atoms with Gasteiger partial charge in [-0.15, -0.1) is 0 Å². The number of anilines is 1. The third kappa shape index (κ3) is 4.60. The molecule has 0 N–H and O–H groups in total. The molecule has 1 aromatic rings. The van der Waals surface area contributed by atoms with Gasteiger partial charge >= 0.3 is 0 Å². The summed E-state index contributed by atoms with van der Waals surface area (Å²) in [4.78, 5) is 11.2. The van der Waals surface area contributed by atoms with E-state index in [1.165, 1.54) is 0 Å². The van der Waals surface area contributed by atoms with Crippen LogP contribution in [0.15, 0.2) is 6.07 Å². The molecule has 1 atom stereocenters. The highest BCUT2D eigenvalue weighted by Gasteiger charge is 2.11. The SMILES string of the molecule is CCc1cc(N(C)CC(Br)COC)nc(C)n1. The second-order valence-electron chi connectivity index (χ2n) is 4.05. The molecule has 0 aliphatic carbocycles. The van der Waals surface area contributed by atoms with Gasteiger partial charge in [-0.1, -0.05) is 22.9 Å². The smallest absolute Gasteiger partial charge is 0.132 e. The fourth-order valence-electron chi connectivity index (χ4n) is 1.61. The quantitative estimate of drug-likeness (QED) is 0.755. The van der Waals surface area contributed by atoms with Gasteiger partial charge in [0.25, 0.3) is 0 Å². The zero-order chi connectivity index (χ0) is 12.8. The van der Waals surface area contributed by atoms with Gasteiger partial charge in [-0.2, -0.15) is 0 Å². The minimum atomic E-state index is 0.304. The van der Waals surface area contributed by atoms with E-state index in [9.17, 15) is 0 Å². The molecule has 17 heavy (non-hydrogen) atoms. The van der Waals surface area contributed by atoms with Crippen LogP contribution in [-0.4, -0.2) is 42.1 Å². The van der Waals surface area contributed by atoms with Crippen LogP contribution in [0.25, 0.3) is 0 Å². The molecule has 0 aliphatic heterocycles. The van der Waals surface area contributed by atoms with E-state index in [2.05, 4.69) is 37.7 Å². The van der Waals surface area contributed by atoms with Crippen LogP contribution in [0.3, 0.4) is 0 Å². The number of methoxy groups -OCH3 is 1. The van der Waals surface area contributed by atoms with Gasteiger partial charge in [0.05, 0.1) is 11.4 Å². The van der Waals surface area contributed by atoms with Crippen molar-refractivity contribution in [1.82, 2.24) is 9.97 Å². The van der Waals surface area contributed by atoms with Gasteiger partial charge in [0, 0.05) is 32.5 Å². The van der Waals surface area contributed by atoms with Crippen molar-refractivity contribution in [1.29, 1.82) is 0 Å². The molecule has 1 rings (SSSR count). The average molecular weight is 302 g/mol. The molecule has 0 spiro atoms. The number of aryl methyl sites for hydroxylation is 2. The van der Waals surface area contributed by atoms with E-state index >= 15 is 0 Å². The van der Waals surface area contributed by atoms with Gasteiger partial charge in [0.1, 0.15) is 11.6 Å². The molecule has 0 aromatic carbocycles. The van der Waals surface area contributed by atoms with Crippen molar-refractivity contribution in [2.75, 3.05) is 32.2 Å². The molecular weight excluding hydrogens is 282 g/mol. The summed E-state index contributed by atoms with van der Waals surface area (Å²) in [7, 11) is 3.74. The minimum Gasteiger partial charge on any atom is -0.383 e. The van der Waals surface area contributed by atoms with Gasteiger partial charge in [-0.05, 0) is 13.3 Å². The summed E-state index contributed by atoms with van der Waals surface area (Å²) in [6, 6.07) is 2.04. The first-order valence-corrected chi connectivity index (χ1v) is 6.67. The first kappa shape index (κ1) is 14.4. The van der Waals surface area contributed by atoms with Gasteiger partial charge in [0.15, 0.2) is 0 Å². The van der Waals surface area contributed by atoms with Crippen molar-refractivity contribution in [3.63, 3.8) is 0 Å².